The molecule has 21 heavy (non-hydrogen) atoms. The highest BCUT2D eigenvalue weighted by atomic mass is 35.5. The van der Waals surface area contributed by atoms with Gasteiger partial charge in [0, 0.05) is 0 Å². The molecule has 0 bridgehead atoms. The van der Waals surface area contributed by atoms with Crippen molar-refractivity contribution in [3.8, 4) is 0 Å². The van der Waals surface area contributed by atoms with Gasteiger partial charge in [0.2, 0.25) is 0 Å². The van der Waals surface area contributed by atoms with E-state index in [4.69, 9.17) is 11.6 Å². The predicted molar refractivity (Wildman–Crippen MR) is 81.8 cm³/mol. The van der Waals surface area contributed by atoms with Crippen LogP contribution in [0, 0.1) is 0 Å². The summed E-state index contributed by atoms with van der Waals surface area (Å²) in [5.41, 5.74) is 0.522. The van der Waals surface area contributed by atoms with Crippen LogP contribution in [0.4, 0.5) is 0 Å². The zero-order valence-electron chi connectivity index (χ0n) is 12.0. The summed E-state index contributed by atoms with van der Waals surface area (Å²) in [6.07, 6.45) is 2.92. The van der Waals surface area contributed by atoms with Crippen molar-refractivity contribution in [2.24, 2.45) is 0 Å². The van der Waals surface area contributed by atoms with E-state index in [1.807, 2.05) is 30.3 Å². The van der Waals surface area contributed by atoms with Gasteiger partial charge in [-0.1, -0.05) is 55.8 Å². The molecule has 0 aliphatic carbocycles. The monoisotopic (exact) mass is 304 g/mol. The summed E-state index contributed by atoms with van der Waals surface area (Å²) in [5.74, 6) is -0.640. The molecule has 1 aromatic heterocycles. The van der Waals surface area contributed by atoms with Crippen LogP contribution in [-0.4, -0.2) is 21.0 Å². The van der Waals surface area contributed by atoms with E-state index < -0.39 is 11.4 Å². The number of rotatable bonds is 5. The van der Waals surface area contributed by atoms with E-state index >= 15 is 0 Å². The quantitative estimate of drug-likeness (QED) is 0.909. The van der Waals surface area contributed by atoms with Crippen LogP contribution in [0.2, 0.25) is 5.02 Å². The average molecular weight is 305 g/mol. The van der Waals surface area contributed by atoms with Crippen LogP contribution in [0.1, 0.15) is 48.6 Å². The van der Waals surface area contributed by atoms with E-state index in [9.17, 15) is 9.90 Å². The van der Waals surface area contributed by atoms with Crippen molar-refractivity contribution in [3.63, 3.8) is 0 Å². The lowest BCUT2D eigenvalue weighted by molar-refractivity contribution is 0.0689. The Hall–Kier alpha value is -1.94. The minimum Gasteiger partial charge on any atom is -0.476 e. The van der Waals surface area contributed by atoms with Gasteiger partial charge in [-0.3, -0.25) is 0 Å². The zero-order valence-corrected chi connectivity index (χ0v) is 12.8. The number of carboxylic acids is 1. The molecule has 1 aromatic carbocycles. The second-order valence-corrected chi connectivity index (χ2v) is 5.26. The maximum Gasteiger partial charge on any atom is 0.356 e. The van der Waals surface area contributed by atoms with Gasteiger partial charge in [-0.2, -0.15) is 0 Å². The third-order valence-corrected chi connectivity index (χ3v) is 4.18. The summed E-state index contributed by atoms with van der Waals surface area (Å²) < 4.78 is 0. The molecule has 4 nitrogen and oxygen atoms in total. The highest BCUT2D eigenvalue weighted by Gasteiger charge is 2.34. The number of halogens is 1. The van der Waals surface area contributed by atoms with E-state index in [-0.39, 0.29) is 10.7 Å². The van der Waals surface area contributed by atoms with Gasteiger partial charge < -0.3 is 5.11 Å². The molecule has 0 radical (unpaired) electrons. The first-order chi connectivity index (χ1) is 10.0. The first-order valence-electron chi connectivity index (χ1n) is 6.87. The third kappa shape index (κ3) is 2.76. The molecular weight excluding hydrogens is 288 g/mol. The molecule has 0 atom stereocenters. The average Bonchev–Trinajstić information content (AvgIpc) is 2.51. The molecule has 0 spiro atoms. The van der Waals surface area contributed by atoms with E-state index in [1.165, 1.54) is 6.20 Å². The number of hydrogen-bond donors (Lipinski definition) is 1. The molecule has 0 saturated carbocycles. The van der Waals surface area contributed by atoms with E-state index in [0.29, 0.717) is 5.82 Å². The van der Waals surface area contributed by atoms with Crippen molar-refractivity contribution in [2.75, 3.05) is 0 Å². The van der Waals surface area contributed by atoms with Gasteiger partial charge in [-0.05, 0) is 18.4 Å². The predicted octanol–water partition coefficient (Wildman–Crippen LogP) is 3.93. The van der Waals surface area contributed by atoms with Gasteiger partial charge in [0.05, 0.1) is 16.6 Å². The smallest absolute Gasteiger partial charge is 0.356 e. The summed E-state index contributed by atoms with van der Waals surface area (Å²) in [7, 11) is 0. The maximum atomic E-state index is 11.2. The van der Waals surface area contributed by atoms with Crippen molar-refractivity contribution < 1.29 is 9.90 Å². The Kier molecular flexibility index (Phi) is 4.58. The van der Waals surface area contributed by atoms with E-state index in [2.05, 4.69) is 23.8 Å². The Labute approximate surface area is 128 Å². The normalized spacial score (nSPS) is 11.4. The van der Waals surface area contributed by atoms with Gasteiger partial charge in [0.1, 0.15) is 5.82 Å². The van der Waals surface area contributed by atoms with Gasteiger partial charge in [-0.15, -0.1) is 0 Å². The molecule has 5 heteroatoms. The third-order valence-electron chi connectivity index (χ3n) is 3.91. The van der Waals surface area contributed by atoms with Gasteiger partial charge in [0.25, 0.3) is 0 Å². The summed E-state index contributed by atoms with van der Waals surface area (Å²) in [5, 5.41) is 9.25. The fourth-order valence-electron chi connectivity index (χ4n) is 2.61. The van der Waals surface area contributed by atoms with Crippen LogP contribution < -0.4 is 0 Å². The number of benzene rings is 1. The van der Waals surface area contributed by atoms with Gasteiger partial charge in [0.15, 0.2) is 5.69 Å². The first-order valence-corrected chi connectivity index (χ1v) is 7.24. The van der Waals surface area contributed by atoms with Crippen molar-refractivity contribution in [1.82, 2.24) is 9.97 Å². The van der Waals surface area contributed by atoms with Crippen LogP contribution in [-0.2, 0) is 5.41 Å². The van der Waals surface area contributed by atoms with Crippen LogP contribution in [0.15, 0.2) is 36.5 Å². The summed E-state index contributed by atoms with van der Waals surface area (Å²) in [6, 6.07) is 9.91. The fraction of sp³-hybridized carbons (Fsp3) is 0.312. The molecule has 0 fully saturated rings. The van der Waals surface area contributed by atoms with Crippen LogP contribution in [0.3, 0.4) is 0 Å². The van der Waals surface area contributed by atoms with Crippen LogP contribution in [0.5, 0.6) is 0 Å². The second kappa shape index (κ2) is 6.22. The Morgan fingerprint density at radius 2 is 1.86 bits per heavy atom. The molecular formula is C16H17ClN2O2. The van der Waals surface area contributed by atoms with Gasteiger partial charge >= 0.3 is 5.97 Å². The Morgan fingerprint density at radius 1 is 1.24 bits per heavy atom. The molecule has 110 valence electrons. The molecule has 0 saturated heterocycles. The molecule has 1 N–H and O–H groups in total. The number of hydrogen-bond acceptors (Lipinski definition) is 3. The number of carboxylic acid groups (broad SMARTS) is 1. The van der Waals surface area contributed by atoms with Crippen molar-refractivity contribution in [3.05, 3.63) is 58.6 Å². The summed E-state index contributed by atoms with van der Waals surface area (Å²) in [6.45, 7) is 4.10. The summed E-state index contributed by atoms with van der Waals surface area (Å²) >= 11 is 5.87. The number of aromatic nitrogens is 2. The van der Waals surface area contributed by atoms with E-state index in [0.717, 1.165) is 18.4 Å². The fourth-order valence-corrected chi connectivity index (χ4v) is 2.78. The molecule has 2 rings (SSSR count). The minimum atomic E-state index is -1.14. The molecule has 0 amide bonds. The topological polar surface area (TPSA) is 63.1 Å². The highest BCUT2D eigenvalue weighted by Crippen LogP contribution is 2.37. The Morgan fingerprint density at radius 3 is 2.38 bits per heavy atom. The second-order valence-electron chi connectivity index (χ2n) is 4.85. The largest absolute Gasteiger partial charge is 0.476 e. The van der Waals surface area contributed by atoms with Crippen LogP contribution in [0.25, 0.3) is 0 Å². The van der Waals surface area contributed by atoms with Crippen molar-refractivity contribution >= 4 is 17.6 Å². The first kappa shape index (κ1) is 15.4. The number of aromatic carboxylic acids is 1. The Balaban J connectivity index is 2.64. The lowest BCUT2D eigenvalue weighted by Crippen LogP contribution is -2.29. The standard InChI is InChI=1S/C16H17ClN2O2/c1-3-16(4-2,11-8-6-5-7-9-11)15-18-10-12(17)13(19-15)14(20)21/h5-10H,3-4H2,1-2H3,(H,20,21). The van der Waals surface area contributed by atoms with Crippen molar-refractivity contribution in [1.29, 1.82) is 0 Å². The minimum absolute atomic E-state index is 0.0559. The molecule has 1 heterocycles. The molecule has 2 aromatic rings. The maximum absolute atomic E-state index is 11.2. The number of nitrogens with zero attached hydrogens (tertiary/aromatic N) is 2. The lowest BCUT2D eigenvalue weighted by Gasteiger charge is -2.30. The number of carbonyl (C=O) groups is 1. The highest BCUT2D eigenvalue weighted by molar-refractivity contribution is 6.33. The molecule has 0 unspecified atom stereocenters. The van der Waals surface area contributed by atoms with E-state index in [1.54, 1.807) is 0 Å². The molecule has 0 aliphatic rings. The van der Waals surface area contributed by atoms with Gasteiger partial charge in [-0.25, -0.2) is 14.8 Å². The SMILES string of the molecule is CCC(CC)(c1ccccc1)c1ncc(Cl)c(C(=O)O)n1. The zero-order chi connectivity index (χ0) is 15.5. The Bertz CT molecular complexity index is 640. The molecule has 0 aliphatic heterocycles. The summed E-state index contributed by atoms with van der Waals surface area (Å²) in [4.78, 5) is 19.8. The van der Waals surface area contributed by atoms with Crippen molar-refractivity contribution in [2.45, 2.75) is 32.1 Å². The lowest BCUT2D eigenvalue weighted by atomic mass is 9.75. The van der Waals surface area contributed by atoms with Crippen LogP contribution >= 0.6 is 11.6 Å².